The van der Waals surface area contributed by atoms with Crippen LogP contribution in [0.25, 0.3) is 0 Å². The van der Waals surface area contributed by atoms with Crippen molar-refractivity contribution < 1.29 is 0 Å². The second kappa shape index (κ2) is 5.72. The van der Waals surface area contributed by atoms with E-state index in [-0.39, 0.29) is 0 Å². The van der Waals surface area contributed by atoms with Gasteiger partial charge in [0.25, 0.3) is 0 Å². The van der Waals surface area contributed by atoms with Gasteiger partial charge < -0.3 is 10.2 Å². The molecular weight excluding hydrogens is 172 g/mol. The van der Waals surface area contributed by atoms with Crippen LogP contribution in [0.4, 0.5) is 0 Å². The SMILES string of the molecule is CC(C)CCN(C)C1CCC(C)NC1. The Kier molecular flexibility index (Phi) is 4.90. The minimum Gasteiger partial charge on any atom is -0.313 e. The lowest BCUT2D eigenvalue weighted by Gasteiger charge is -2.34. The summed E-state index contributed by atoms with van der Waals surface area (Å²) in [6, 6.07) is 1.50. The highest BCUT2D eigenvalue weighted by atomic mass is 15.2. The highest BCUT2D eigenvalue weighted by Crippen LogP contribution is 2.13. The molecule has 2 nitrogen and oxygen atoms in total. The fourth-order valence-electron chi connectivity index (χ4n) is 2.00. The van der Waals surface area contributed by atoms with Crippen LogP contribution in [0.5, 0.6) is 0 Å². The zero-order chi connectivity index (χ0) is 10.6. The Morgan fingerprint density at radius 1 is 1.36 bits per heavy atom. The van der Waals surface area contributed by atoms with Crippen molar-refractivity contribution in [3.05, 3.63) is 0 Å². The van der Waals surface area contributed by atoms with Gasteiger partial charge in [0.15, 0.2) is 0 Å². The number of nitrogens with one attached hydrogen (secondary N) is 1. The largest absolute Gasteiger partial charge is 0.313 e. The minimum absolute atomic E-state index is 0.727. The molecule has 0 aromatic carbocycles. The van der Waals surface area contributed by atoms with Crippen LogP contribution in [0, 0.1) is 5.92 Å². The fraction of sp³-hybridized carbons (Fsp3) is 1.00. The van der Waals surface area contributed by atoms with Crippen LogP contribution in [0.1, 0.15) is 40.0 Å². The Morgan fingerprint density at radius 3 is 2.57 bits per heavy atom. The van der Waals surface area contributed by atoms with Crippen molar-refractivity contribution in [2.75, 3.05) is 20.1 Å². The van der Waals surface area contributed by atoms with E-state index < -0.39 is 0 Å². The van der Waals surface area contributed by atoms with E-state index in [1.807, 2.05) is 0 Å². The molecule has 0 saturated carbocycles. The third kappa shape index (κ3) is 3.97. The summed E-state index contributed by atoms with van der Waals surface area (Å²) in [5.41, 5.74) is 0. The lowest BCUT2D eigenvalue weighted by molar-refractivity contribution is 0.180. The summed E-state index contributed by atoms with van der Waals surface area (Å²) in [5.74, 6) is 0.827. The number of piperidine rings is 1. The summed E-state index contributed by atoms with van der Waals surface area (Å²) in [6.07, 6.45) is 4.02. The summed E-state index contributed by atoms with van der Waals surface area (Å²) in [5, 5.41) is 3.56. The van der Waals surface area contributed by atoms with Crippen molar-refractivity contribution in [2.24, 2.45) is 5.92 Å². The molecule has 0 radical (unpaired) electrons. The molecule has 1 aliphatic rings. The van der Waals surface area contributed by atoms with Gasteiger partial charge in [-0.3, -0.25) is 0 Å². The van der Waals surface area contributed by atoms with Crippen LogP contribution in [0.15, 0.2) is 0 Å². The van der Waals surface area contributed by atoms with Gasteiger partial charge in [0, 0.05) is 18.6 Å². The summed E-state index contributed by atoms with van der Waals surface area (Å²) < 4.78 is 0. The first-order chi connectivity index (χ1) is 6.59. The van der Waals surface area contributed by atoms with Crippen LogP contribution >= 0.6 is 0 Å². The zero-order valence-corrected chi connectivity index (χ0v) is 10.2. The number of rotatable bonds is 4. The standard InChI is InChI=1S/C12H26N2/c1-10(2)7-8-14(4)12-6-5-11(3)13-9-12/h10-13H,5-9H2,1-4H3. The van der Waals surface area contributed by atoms with Gasteiger partial charge in [-0.05, 0) is 45.7 Å². The van der Waals surface area contributed by atoms with E-state index in [1.54, 1.807) is 0 Å². The lowest BCUT2D eigenvalue weighted by atomic mass is 10.0. The van der Waals surface area contributed by atoms with Crippen molar-refractivity contribution in [3.63, 3.8) is 0 Å². The molecule has 1 fully saturated rings. The Morgan fingerprint density at radius 2 is 2.07 bits per heavy atom. The molecule has 2 atom stereocenters. The Hall–Kier alpha value is -0.0800. The monoisotopic (exact) mass is 198 g/mol. The first kappa shape index (κ1) is 12.0. The normalized spacial score (nSPS) is 28.7. The van der Waals surface area contributed by atoms with Gasteiger partial charge in [-0.15, -0.1) is 0 Å². The third-order valence-electron chi connectivity index (χ3n) is 3.32. The predicted octanol–water partition coefficient (Wildman–Crippen LogP) is 2.10. The molecule has 0 bridgehead atoms. The van der Waals surface area contributed by atoms with Gasteiger partial charge in [-0.1, -0.05) is 13.8 Å². The van der Waals surface area contributed by atoms with Crippen molar-refractivity contribution in [1.82, 2.24) is 10.2 Å². The third-order valence-corrected chi connectivity index (χ3v) is 3.32. The average molecular weight is 198 g/mol. The molecule has 2 unspecified atom stereocenters. The fourth-order valence-corrected chi connectivity index (χ4v) is 2.00. The molecule has 1 rings (SSSR count). The summed E-state index contributed by atoms with van der Waals surface area (Å²) in [6.45, 7) is 9.31. The Bertz CT molecular complexity index is 148. The molecule has 0 aliphatic carbocycles. The lowest BCUT2D eigenvalue weighted by Crippen LogP contribution is -2.47. The minimum atomic E-state index is 0.727. The highest BCUT2D eigenvalue weighted by Gasteiger charge is 2.20. The van der Waals surface area contributed by atoms with Crippen LogP contribution in [0.3, 0.4) is 0 Å². The molecular formula is C12H26N2. The summed E-state index contributed by atoms with van der Waals surface area (Å²) in [7, 11) is 2.27. The second-order valence-corrected chi connectivity index (χ2v) is 5.20. The van der Waals surface area contributed by atoms with Crippen LogP contribution in [-0.2, 0) is 0 Å². The zero-order valence-electron chi connectivity index (χ0n) is 10.2. The molecule has 84 valence electrons. The van der Waals surface area contributed by atoms with E-state index in [4.69, 9.17) is 0 Å². The maximum atomic E-state index is 3.56. The van der Waals surface area contributed by atoms with Crippen molar-refractivity contribution >= 4 is 0 Å². The van der Waals surface area contributed by atoms with Crippen LogP contribution < -0.4 is 5.32 Å². The van der Waals surface area contributed by atoms with E-state index in [2.05, 4.69) is 38.0 Å². The number of likely N-dealkylation sites (N-methyl/N-ethyl adjacent to an activating group) is 1. The van der Waals surface area contributed by atoms with Gasteiger partial charge in [0.05, 0.1) is 0 Å². The first-order valence-electron chi connectivity index (χ1n) is 6.03. The van der Waals surface area contributed by atoms with Gasteiger partial charge in [0.1, 0.15) is 0 Å². The number of hydrogen-bond acceptors (Lipinski definition) is 2. The van der Waals surface area contributed by atoms with E-state index in [1.165, 1.54) is 32.4 Å². The Balaban J connectivity index is 2.20. The molecule has 1 heterocycles. The first-order valence-corrected chi connectivity index (χ1v) is 6.03. The smallest absolute Gasteiger partial charge is 0.0218 e. The average Bonchev–Trinajstić information content (AvgIpc) is 2.15. The van der Waals surface area contributed by atoms with Gasteiger partial charge >= 0.3 is 0 Å². The van der Waals surface area contributed by atoms with Crippen molar-refractivity contribution in [1.29, 1.82) is 0 Å². The molecule has 1 saturated heterocycles. The Labute approximate surface area is 89.1 Å². The van der Waals surface area contributed by atoms with Crippen LogP contribution in [-0.4, -0.2) is 37.1 Å². The second-order valence-electron chi connectivity index (χ2n) is 5.20. The topological polar surface area (TPSA) is 15.3 Å². The number of hydrogen-bond donors (Lipinski definition) is 1. The predicted molar refractivity (Wildman–Crippen MR) is 62.6 cm³/mol. The van der Waals surface area contributed by atoms with Crippen molar-refractivity contribution in [3.8, 4) is 0 Å². The molecule has 1 N–H and O–H groups in total. The molecule has 0 amide bonds. The molecule has 2 heteroatoms. The number of nitrogens with zero attached hydrogens (tertiary/aromatic N) is 1. The molecule has 0 aromatic rings. The van der Waals surface area contributed by atoms with E-state index in [0.717, 1.165) is 18.0 Å². The highest BCUT2D eigenvalue weighted by molar-refractivity contribution is 4.80. The summed E-state index contributed by atoms with van der Waals surface area (Å²) in [4.78, 5) is 2.53. The van der Waals surface area contributed by atoms with E-state index >= 15 is 0 Å². The molecule has 0 spiro atoms. The van der Waals surface area contributed by atoms with E-state index in [0.29, 0.717) is 0 Å². The van der Waals surface area contributed by atoms with Gasteiger partial charge in [-0.25, -0.2) is 0 Å². The molecule has 14 heavy (non-hydrogen) atoms. The quantitative estimate of drug-likeness (QED) is 0.744. The van der Waals surface area contributed by atoms with E-state index in [9.17, 15) is 0 Å². The maximum absolute atomic E-state index is 3.56. The van der Waals surface area contributed by atoms with Gasteiger partial charge in [0.2, 0.25) is 0 Å². The van der Waals surface area contributed by atoms with Crippen molar-refractivity contribution in [2.45, 2.75) is 52.1 Å². The maximum Gasteiger partial charge on any atom is 0.0218 e. The molecule has 1 aliphatic heterocycles. The van der Waals surface area contributed by atoms with Gasteiger partial charge in [-0.2, -0.15) is 0 Å². The van der Waals surface area contributed by atoms with Crippen LogP contribution in [0.2, 0.25) is 0 Å². The summed E-state index contributed by atoms with van der Waals surface area (Å²) >= 11 is 0. The molecule has 0 aromatic heterocycles.